The molecule has 4 heteroatoms. The molecule has 1 saturated heterocycles. The summed E-state index contributed by atoms with van der Waals surface area (Å²) in [6.07, 6.45) is 1.24. The fourth-order valence-corrected chi connectivity index (χ4v) is 3.79. The molecule has 1 aliphatic heterocycles. The maximum absolute atomic E-state index is 11.0. The molecule has 0 radical (unpaired) electrons. The third kappa shape index (κ3) is 4.25. The van der Waals surface area contributed by atoms with Gasteiger partial charge in [-0.1, -0.05) is 30.3 Å². The Bertz CT molecular complexity index is 410. The van der Waals surface area contributed by atoms with Gasteiger partial charge in [0.15, 0.2) is 0 Å². The molecule has 3 nitrogen and oxygen atoms in total. The van der Waals surface area contributed by atoms with Gasteiger partial charge in [0, 0.05) is 30.1 Å². The lowest BCUT2D eigenvalue weighted by Crippen LogP contribution is -2.49. The van der Waals surface area contributed by atoms with Gasteiger partial charge < -0.3 is 5.11 Å². The zero-order valence-corrected chi connectivity index (χ0v) is 12.1. The molecule has 1 aromatic rings. The van der Waals surface area contributed by atoms with E-state index in [9.17, 15) is 4.79 Å². The van der Waals surface area contributed by atoms with Crippen LogP contribution in [-0.4, -0.2) is 46.1 Å². The van der Waals surface area contributed by atoms with Crippen molar-refractivity contribution in [3.05, 3.63) is 35.9 Å². The highest BCUT2D eigenvalue weighted by molar-refractivity contribution is 7.99. The second kappa shape index (κ2) is 6.96. The second-order valence-corrected chi connectivity index (χ2v) is 6.25. The van der Waals surface area contributed by atoms with Crippen LogP contribution in [0.5, 0.6) is 0 Å². The summed E-state index contributed by atoms with van der Waals surface area (Å²) >= 11 is 1.87. The lowest BCUT2D eigenvalue weighted by atomic mass is 10.0. The van der Waals surface area contributed by atoms with E-state index in [2.05, 4.69) is 36.1 Å². The smallest absolute Gasteiger partial charge is 0.304 e. The molecule has 2 atom stereocenters. The van der Waals surface area contributed by atoms with Gasteiger partial charge in [0.2, 0.25) is 0 Å². The van der Waals surface area contributed by atoms with Crippen molar-refractivity contribution in [3.8, 4) is 0 Å². The highest BCUT2D eigenvalue weighted by atomic mass is 32.2. The number of carbonyl (C=O) groups is 1. The van der Waals surface area contributed by atoms with Gasteiger partial charge in [-0.25, -0.2) is 0 Å². The molecular formula is C15H21NO2S. The van der Waals surface area contributed by atoms with E-state index in [1.807, 2.05) is 17.8 Å². The van der Waals surface area contributed by atoms with Crippen molar-refractivity contribution in [1.82, 2.24) is 4.90 Å². The van der Waals surface area contributed by atoms with E-state index in [1.165, 1.54) is 5.56 Å². The molecule has 1 N–H and O–H groups in total. The highest BCUT2D eigenvalue weighted by Gasteiger charge is 2.28. The maximum Gasteiger partial charge on any atom is 0.304 e. The zero-order chi connectivity index (χ0) is 13.7. The summed E-state index contributed by atoms with van der Waals surface area (Å²) in [4.78, 5) is 13.3. The van der Waals surface area contributed by atoms with Crippen molar-refractivity contribution < 1.29 is 9.90 Å². The van der Waals surface area contributed by atoms with Gasteiger partial charge in [-0.2, -0.15) is 11.8 Å². The average molecular weight is 279 g/mol. The fourth-order valence-electron chi connectivity index (χ4n) is 2.70. The Balaban J connectivity index is 1.98. The molecule has 2 unspecified atom stereocenters. The van der Waals surface area contributed by atoms with E-state index in [4.69, 9.17) is 5.11 Å². The van der Waals surface area contributed by atoms with Crippen LogP contribution >= 0.6 is 11.8 Å². The Labute approximate surface area is 119 Å². The zero-order valence-electron chi connectivity index (χ0n) is 11.3. The number of carboxylic acids is 1. The molecule has 0 aliphatic carbocycles. The molecule has 0 aromatic heterocycles. The first-order valence-electron chi connectivity index (χ1n) is 6.76. The maximum atomic E-state index is 11.0. The molecular weight excluding hydrogens is 258 g/mol. The minimum Gasteiger partial charge on any atom is -0.481 e. The molecule has 0 spiro atoms. The van der Waals surface area contributed by atoms with Crippen LogP contribution in [-0.2, 0) is 11.2 Å². The van der Waals surface area contributed by atoms with E-state index in [-0.39, 0.29) is 12.5 Å². The standard InChI is InChI=1S/C15H21NO2S/c1-12(9-13-5-3-2-4-6-13)16-7-8-19-11-14(16)10-15(17)18/h2-6,12,14H,7-11H2,1H3,(H,17,18). The molecule has 1 heterocycles. The minimum absolute atomic E-state index is 0.176. The van der Waals surface area contributed by atoms with Crippen molar-refractivity contribution in [1.29, 1.82) is 0 Å². The number of rotatable bonds is 5. The first kappa shape index (κ1) is 14.4. The molecule has 1 aromatic carbocycles. The van der Waals surface area contributed by atoms with Gasteiger partial charge in [0.1, 0.15) is 0 Å². The highest BCUT2D eigenvalue weighted by Crippen LogP contribution is 2.22. The van der Waals surface area contributed by atoms with Crippen LogP contribution in [0.1, 0.15) is 18.9 Å². The fraction of sp³-hybridized carbons (Fsp3) is 0.533. The quantitative estimate of drug-likeness (QED) is 0.899. The van der Waals surface area contributed by atoms with E-state index < -0.39 is 5.97 Å². The lowest BCUT2D eigenvalue weighted by molar-refractivity contribution is -0.138. The van der Waals surface area contributed by atoms with Crippen LogP contribution in [0.3, 0.4) is 0 Å². The number of benzene rings is 1. The van der Waals surface area contributed by atoms with Crippen molar-refractivity contribution in [2.24, 2.45) is 0 Å². The number of carboxylic acid groups (broad SMARTS) is 1. The number of aliphatic carboxylic acids is 1. The van der Waals surface area contributed by atoms with Gasteiger partial charge in [0.25, 0.3) is 0 Å². The van der Waals surface area contributed by atoms with Gasteiger partial charge in [-0.15, -0.1) is 0 Å². The summed E-state index contributed by atoms with van der Waals surface area (Å²) in [7, 11) is 0. The minimum atomic E-state index is -0.690. The van der Waals surface area contributed by atoms with Gasteiger partial charge in [-0.05, 0) is 18.9 Å². The molecule has 0 amide bonds. The number of thioether (sulfide) groups is 1. The van der Waals surface area contributed by atoms with Gasteiger partial charge in [-0.3, -0.25) is 9.69 Å². The summed E-state index contributed by atoms with van der Waals surface area (Å²) in [5.41, 5.74) is 1.32. The first-order chi connectivity index (χ1) is 9.16. The van der Waals surface area contributed by atoms with Crippen LogP contribution in [0, 0.1) is 0 Å². The molecule has 1 fully saturated rings. The normalized spacial score (nSPS) is 22.1. The third-order valence-corrected chi connectivity index (χ3v) is 4.72. The van der Waals surface area contributed by atoms with Crippen LogP contribution < -0.4 is 0 Å². The summed E-state index contributed by atoms with van der Waals surface area (Å²) in [6.45, 7) is 3.20. The van der Waals surface area contributed by atoms with Crippen molar-refractivity contribution in [2.75, 3.05) is 18.1 Å². The summed E-state index contributed by atoms with van der Waals surface area (Å²) < 4.78 is 0. The number of hydrogen-bond donors (Lipinski definition) is 1. The lowest BCUT2D eigenvalue weighted by Gasteiger charge is -2.39. The van der Waals surface area contributed by atoms with Crippen molar-refractivity contribution in [2.45, 2.75) is 31.8 Å². The summed E-state index contributed by atoms with van der Waals surface area (Å²) in [5, 5.41) is 9.02. The van der Waals surface area contributed by atoms with Gasteiger partial charge in [0.05, 0.1) is 6.42 Å². The topological polar surface area (TPSA) is 40.5 Å². The predicted molar refractivity (Wildman–Crippen MR) is 79.7 cm³/mol. The Morgan fingerprint density at radius 1 is 1.47 bits per heavy atom. The first-order valence-corrected chi connectivity index (χ1v) is 7.91. The Morgan fingerprint density at radius 3 is 2.89 bits per heavy atom. The molecule has 104 valence electrons. The molecule has 2 rings (SSSR count). The van der Waals surface area contributed by atoms with E-state index in [0.29, 0.717) is 6.04 Å². The predicted octanol–water partition coefficient (Wildman–Crippen LogP) is 2.51. The Hall–Kier alpha value is -1.00. The van der Waals surface area contributed by atoms with Crippen LogP contribution in [0.25, 0.3) is 0 Å². The average Bonchev–Trinajstić information content (AvgIpc) is 2.39. The Kier molecular flexibility index (Phi) is 5.28. The van der Waals surface area contributed by atoms with E-state index in [0.717, 1.165) is 24.5 Å². The number of nitrogens with zero attached hydrogens (tertiary/aromatic N) is 1. The number of hydrogen-bond acceptors (Lipinski definition) is 3. The third-order valence-electron chi connectivity index (χ3n) is 3.62. The van der Waals surface area contributed by atoms with Crippen LogP contribution in [0.4, 0.5) is 0 Å². The molecule has 19 heavy (non-hydrogen) atoms. The monoisotopic (exact) mass is 279 g/mol. The summed E-state index contributed by atoms with van der Waals surface area (Å²) in [5.74, 6) is 1.35. The van der Waals surface area contributed by atoms with Crippen LogP contribution in [0.15, 0.2) is 30.3 Å². The molecule has 1 aliphatic rings. The van der Waals surface area contributed by atoms with Crippen LogP contribution in [0.2, 0.25) is 0 Å². The Morgan fingerprint density at radius 2 is 2.21 bits per heavy atom. The van der Waals surface area contributed by atoms with Gasteiger partial charge >= 0.3 is 5.97 Å². The van der Waals surface area contributed by atoms with Crippen molar-refractivity contribution in [3.63, 3.8) is 0 Å². The van der Waals surface area contributed by atoms with Crippen molar-refractivity contribution >= 4 is 17.7 Å². The summed E-state index contributed by atoms with van der Waals surface area (Å²) in [6, 6.07) is 11.0. The van der Waals surface area contributed by atoms with E-state index in [1.54, 1.807) is 0 Å². The molecule has 0 saturated carbocycles. The SMILES string of the molecule is CC(Cc1ccccc1)N1CCSCC1CC(=O)O. The largest absolute Gasteiger partial charge is 0.481 e. The second-order valence-electron chi connectivity index (χ2n) is 5.10. The van der Waals surface area contributed by atoms with E-state index >= 15 is 0 Å². The molecule has 0 bridgehead atoms.